The first-order valence-corrected chi connectivity index (χ1v) is 5.62. The van der Waals surface area contributed by atoms with Crippen LogP contribution in [0.2, 0.25) is 0 Å². The second kappa shape index (κ2) is 4.79. The van der Waals surface area contributed by atoms with Crippen molar-refractivity contribution in [2.24, 2.45) is 0 Å². The van der Waals surface area contributed by atoms with Gasteiger partial charge in [0.15, 0.2) is 0 Å². The van der Waals surface area contributed by atoms with Gasteiger partial charge in [-0.05, 0) is 6.07 Å². The van der Waals surface area contributed by atoms with E-state index in [0.29, 0.717) is 5.69 Å². The lowest BCUT2D eigenvalue weighted by Crippen LogP contribution is -1.90. The molecular weight excluding hydrogens is 227 g/mol. The largest absolute Gasteiger partial charge is 0.427 e. The number of nitrogens with zero attached hydrogens (tertiary/aromatic N) is 2. The molecule has 2 rings (SSSR count). The van der Waals surface area contributed by atoms with E-state index in [1.807, 2.05) is 30.3 Å². The van der Waals surface area contributed by atoms with Crippen LogP contribution in [0.25, 0.3) is 11.3 Å². The Labute approximate surface area is 92.7 Å². The molecule has 16 heavy (non-hydrogen) atoms. The molecule has 1 unspecified atom stereocenters. The molecule has 0 aliphatic heterocycles. The van der Waals surface area contributed by atoms with E-state index in [9.17, 15) is 4.57 Å². The van der Waals surface area contributed by atoms with Gasteiger partial charge in [0.2, 0.25) is 5.88 Å². The molecule has 0 spiro atoms. The Kier molecular flexibility index (Phi) is 3.19. The summed E-state index contributed by atoms with van der Waals surface area (Å²) in [6, 6.07) is 12.7. The van der Waals surface area contributed by atoms with Crippen LogP contribution in [0, 0.1) is 0 Å². The van der Waals surface area contributed by atoms with Crippen molar-refractivity contribution in [1.29, 1.82) is 0 Å². The SMILES string of the molecule is O=[P](O)Oc1ccc(-c2ccccc2)nn1. The van der Waals surface area contributed by atoms with Gasteiger partial charge in [0.25, 0.3) is 0 Å². The highest BCUT2D eigenvalue weighted by molar-refractivity contribution is 7.32. The zero-order chi connectivity index (χ0) is 11.4. The fourth-order valence-electron chi connectivity index (χ4n) is 1.21. The third-order valence-electron chi connectivity index (χ3n) is 1.88. The Morgan fingerprint density at radius 1 is 1.06 bits per heavy atom. The Balaban J connectivity index is 2.23. The van der Waals surface area contributed by atoms with E-state index in [2.05, 4.69) is 14.7 Å². The molecule has 0 saturated heterocycles. The highest BCUT2D eigenvalue weighted by atomic mass is 31.1. The van der Waals surface area contributed by atoms with Crippen molar-refractivity contribution < 1.29 is 14.0 Å². The predicted molar refractivity (Wildman–Crippen MR) is 57.9 cm³/mol. The van der Waals surface area contributed by atoms with E-state index >= 15 is 0 Å². The molecule has 0 fully saturated rings. The van der Waals surface area contributed by atoms with E-state index in [-0.39, 0.29) is 5.88 Å². The summed E-state index contributed by atoms with van der Waals surface area (Å²) in [7, 11) is -2.69. The molecule has 81 valence electrons. The van der Waals surface area contributed by atoms with Crippen molar-refractivity contribution in [2.75, 3.05) is 0 Å². The smallest absolute Gasteiger partial charge is 0.376 e. The highest BCUT2D eigenvalue weighted by Crippen LogP contribution is 2.22. The number of rotatable bonds is 3. The first-order chi connectivity index (χ1) is 7.75. The van der Waals surface area contributed by atoms with E-state index in [1.54, 1.807) is 6.07 Å². The molecule has 6 heteroatoms. The molecule has 2 aromatic rings. The molecule has 1 aromatic heterocycles. The van der Waals surface area contributed by atoms with Gasteiger partial charge in [0.05, 0.1) is 5.69 Å². The summed E-state index contributed by atoms with van der Waals surface area (Å²) in [4.78, 5) is 8.51. The third kappa shape index (κ3) is 2.59. The van der Waals surface area contributed by atoms with Gasteiger partial charge < -0.3 is 4.52 Å². The summed E-state index contributed by atoms with van der Waals surface area (Å²) in [6.45, 7) is 0. The first kappa shape index (κ1) is 10.7. The van der Waals surface area contributed by atoms with Gasteiger partial charge in [0, 0.05) is 11.6 Å². The van der Waals surface area contributed by atoms with Gasteiger partial charge in [-0.25, -0.2) is 4.57 Å². The van der Waals surface area contributed by atoms with E-state index in [1.165, 1.54) is 6.07 Å². The summed E-state index contributed by atoms with van der Waals surface area (Å²) in [5.41, 5.74) is 1.61. The summed E-state index contributed by atoms with van der Waals surface area (Å²) < 4.78 is 14.9. The number of benzene rings is 1. The van der Waals surface area contributed by atoms with Gasteiger partial charge in [-0.15, -0.1) is 10.2 Å². The van der Waals surface area contributed by atoms with Crippen molar-refractivity contribution >= 4 is 8.25 Å². The number of hydrogen-bond donors (Lipinski definition) is 1. The van der Waals surface area contributed by atoms with Crippen molar-refractivity contribution in [1.82, 2.24) is 10.2 Å². The fourth-order valence-corrected chi connectivity index (χ4v) is 1.47. The molecular formula is C10H8N2O3P. The van der Waals surface area contributed by atoms with Crippen molar-refractivity contribution in [3.05, 3.63) is 42.5 Å². The van der Waals surface area contributed by atoms with Crippen LogP contribution in [0.15, 0.2) is 42.5 Å². The molecule has 0 amide bonds. The minimum atomic E-state index is -2.69. The molecule has 0 bridgehead atoms. The maximum Gasteiger partial charge on any atom is 0.427 e. The summed E-state index contributed by atoms with van der Waals surface area (Å²) >= 11 is 0. The maximum atomic E-state index is 10.4. The molecule has 1 heterocycles. The lowest BCUT2D eigenvalue weighted by atomic mass is 10.1. The summed E-state index contributed by atoms with van der Waals surface area (Å²) in [5, 5.41) is 7.57. The van der Waals surface area contributed by atoms with Crippen LogP contribution in [-0.4, -0.2) is 15.1 Å². The van der Waals surface area contributed by atoms with Crippen LogP contribution < -0.4 is 4.52 Å². The Morgan fingerprint density at radius 3 is 2.38 bits per heavy atom. The minimum Gasteiger partial charge on any atom is -0.376 e. The third-order valence-corrected chi connectivity index (χ3v) is 2.22. The quantitative estimate of drug-likeness (QED) is 0.825. The van der Waals surface area contributed by atoms with Crippen LogP contribution in [0.3, 0.4) is 0 Å². The minimum absolute atomic E-state index is 0.0308. The van der Waals surface area contributed by atoms with Crippen LogP contribution in [0.4, 0.5) is 0 Å². The van der Waals surface area contributed by atoms with E-state index in [4.69, 9.17) is 4.89 Å². The zero-order valence-corrected chi connectivity index (χ0v) is 9.04. The first-order valence-electron chi connectivity index (χ1n) is 4.49. The van der Waals surface area contributed by atoms with Crippen molar-refractivity contribution in [3.8, 4) is 17.1 Å². The predicted octanol–water partition coefficient (Wildman–Crippen LogP) is 2.17. The van der Waals surface area contributed by atoms with Crippen molar-refractivity contribution in [2.45, 2.75) is 0 Å². The molecule has 0 aliphatic rings. The highest BCUT2D eigenvalue weighted by Gasteiger charge is 2.03. The fraction of sp³-hybridized carbons (Fsp3) is 0. The molecule has 1 atom stereocenters. The molecule has 1 radical (unpaired) electrons. The van der Waals surface area contributed by atoms with E-state index < -0.39 is 8.25 Å². The van der Waals surface area contributed by atoms with Gasteiger partial charge in [-0.3, -0.25) is 4.89 Å². The second-order valence-electron chi connectivity index (χ2n) is 2.95. The molecule has 1 N–H and O–H groups in total. The normalized spacial score (nSPS) is 10.9. The lowest BCUT2D eigenvalue weighted by Gasteiger charge is -2.00. The van der Waals surface area contributed by atoms with Crippen molar-refractivity contribution in [3.63, 3.8) is 0 Å². The average Bonchev–Trinajstić information content (AvgIpc) is 2.30. The maximum absolute atomic E-state index is 10.4. The zero-order valence-electron chi connectivity index (χ0n) is 8.15. The second-order valence-corrected chi connectivity index (χ2v) is 3.61. The monoisotopic (exact) mass is 235 g/mol. The Morgan fingerprint density at radius 2 is 1.81 bits per heavy atom. The van der Waals surface area contributed by atoms with Gasteiger partial charge in [-0.2, -0.15) is 0 Å². The standard InChI is InChI=1S/C10H8N2O3P/c13-16(14)15-10-7-6-9(11-12-10)8-4-2-1-3-5-8/h1-7H,(H,13,14). The lowest BCUT2D eigenvalue weighted by molar-refractivity contribution is 0.402. The summed E-state index contributed by atoms with van der Waals surface area (Å²) in [6.07, 6.45) is 0. The van der Waals surface area contributed by atoms with Gasteiger partial charge in [0.1, 0.15) is 0 Å². The Hall–Kier alpha value is -1.84. The molecule has 1 aromatic carbocycles. The summed E-state index contributed by atoms with van der Waals surface area (Å²) in [5.74, 6) is 0.0308. The van der Waals surface area contributed by atoms with Crippen LogP contribution in [-0.2, 0) is 4.57 Å². The Bertz CT molecular complexity index is 487. The number of aromatic nitrogens is 2. The van der Waals surface area contributed by atoms with Crippen LogP contribution in [0.5, 0.6) is 5.88 Å². The topological polar surface area (TPSA) is 72.3 Å². The number of hydrogen-bond acceptors (Lipinski definition) is 4. The van der Waals surface area contributed by atoms with E-state index in [0.717, 1.165) is 5.56 Å². The molecule has 0 saturated carbocycles. The average molecular weight is 235 g/mol. The molecule has 5 nitrogen and oxygen atoms in total. The molecule has 0 aliphatic carbocycles. The van der Waals surface area contributed by atoms with Gasteiger partial charge >= 0.3 is 8.25 Å². The van der Waals surface area contributed by atoms with Crippen LogP contribution >= 0.6 is 8.25 Å². The van der Waals surface area contributed by atoms with Crippen LogP contribution in [0.1, 0.15) is 0 Å². The van der Waals surface area contributed by atoms with Gasteiger partial charge in [-0.1, -0.05) is 30.3 Å².